The first kappa shape index (κ1) is 16.4. The number of benzene rings is 2. The lowest BCUT2D eigenvalue weighted by molar-refractivity contribution is -0.115. The van der Waals surface area contributed by atoms with Gasteiger partial charge in [-0.15, -0.1) is 5.10 Å². The SMILES string of the molecule is CC1=C(C(N)=O)C(c2ccc3c(c2)OCO3)n2nc(-c3ccccc3)nc2N1. The number of nitrogens with one attached hydrogen (secondary N) is 1. The van der Waals surface area contributed by atoms with E-state index < -0.39 is 11.9 Å². The van der Waals surface area contributed by atoms with Gasteiger partial charge in [0.2, 0.25) is 18.6 Å². The van der Waals surface area contributed by atoms with Gasteiger partial charge in [0.1, 0.15) is 6.04 Å². The van der Waals surface area contributed by atoms with Crippen LogP contribution in [-0.4, -0.2) is 27.5 Å². The Hall–Kier alpha value is -3.81. The summed E-state index contributed by atoms with van der Waals surface area (Å²) in [4.78, 5) is 16.9. The number of nitrogens with zero attached hydrogens (tertiary/aromatic N) is 3. The number of nitrogens with two attached hydrogens (primary N) is 1. The lowest BCUT2D eigenvalue weighted by Crippen LogP contribution is -2.31. The van der Waals surface area contributed by atoms with Crippen molar-refractivity contribution in [3.63, 3.8) is 0 Å². The highest BCUT2D eigenvalue weighted by Gasteiger charge is 2.34. The molecule has 2 aromatic carbocycles. The van der Waals surface area contributed by atoms with Crippen LogP contribution in [0.1, 0.15) is 18.5 Å². The quantitative estimate of drug-likeness (QED) is 0.729. The highest BCUT2D eigenvalue weighted by atomic mass is 16.7. The van der Waals surface area contributed by atoms with Crippen molar-refractivity contribution < 1.29 is 14.3 Å². The van der Waals surface area contributed by atoms with Crippen molar-refractivity contribution in [2.45, 2.75) is 13.0 Å². The molecular formula is C20H17N5O3. The first-order chi connectivity index (χ1) is 13.6. The van der Waals surface area contributed by atoms with Crippen LogP contribution in [0, 0.1) is 0 Å². The summed E-state index contributed by atoms with van der Waals surface area (Å²) in [5, 5.41) is 7.81. The zero-order valence-corrected chi connectivity index (χ0v) is 15.0. The predicted octanol–water partition coefficient (Wildman–Crippen LogP) is 2.45. The summed E-state index contributed by atoms with van der Waals surface area (Å²) >= 11 is 0. The smallest absolute Gasteiger partial charge is 0.248 e. The first-order valence-electron chi connectivity index (χ1n) is 8.81. The van der Waals surface area contributed by atoms with Gasteiger partial charge in [-0.2, -0.15) is 4.98 Å². The Morgan fingerprint density at radius 3 is 2.75 bits per heavy atom. The molecule has 0 saturated heterocycles. The van der Waals surface area contributed by atoms with Crippen LogP contribution in [0.3, 0.4) is 0 Å². The van der Waals surface area contributed by atoms with Crippen LogP contribution in [0.5, 0.6) is 11.5 Å². The maximum absolute atomic E-state index is 12.3. The minimum Gasteiger partial charge on any atom is -0.454 e. The molecule has 8 heteroatoms. The van der Waals surface area contributed by atoms with Gasteiger partial charge in [-0.1, -0.05) is 36.4 Å². The van der Waals surface area contributed by atoms with Crippen LogP contribution < -0.4 is 20.5 Å². The molecule has 0 saturated carbocycles. The Bertz CT molecular complexity index is 1120. The van der Waals surface area contributed by atoms with Gasteiger partial charge in [-0.05, 0) is 24.6 Å². The summed E-state index contributed by atoms with van der Waals surface area (Å²) in [6, 6.07) is 14.7. The summed E-state index contributed by atoms with van der Waals surface area (Å²) in [7, 11) is 0. The summed E-state index contributed by atoms with van der Waals surface area (Å²) in [6.07, 6.45) is 0. The third-order valence-electron chi connectivity index (χ3n) is 4.86. The Morgan fingerprint density at radius 2 is 1.96 bits per heavy atom. The molecule has 0 bridgehead atoms. The van der Waals surface area contributed by atoms with E-state index in [2.05, 4.69) is 15.4 Å². The van der Waals surface area contributed by atoms with Gasteiger partial charge in [0, 0.05) is 11.3 Å². The van der Waals surface area contributed by atoms with Crippen molar-refractivity contribution in [3.05, 3.63) is 65.4 Å². The van der Waals surface area contributed by atoms with Crippen LogP contribution in [0.4, 0.5) is 5.95 Å². The molecule has 0 fully saturated rings. The van der Waals surface area contributed by atoms with Gasteiger partial charge in [0.15, 0.2) is 17.3 Å². The maximum Gasteiger partial charge on any atom is 0.248 e. The number of aromatic nitrogens is 3. The molecule has 3 N–H and O–H groups in total. The van der Waals surface area contributed by atoms with Crippen molar-refractivity contribution in [2.75, 3.05) is 12.1 Å². The number of anilines is 1. The lowest BCUT2D eigenvalue weighted by atomic mass is 9.95. The molecule has 1 unspecified atom stereocenters. The van der Waals surface area contributed by atoms with Crippen LogP contribution >= 0.6 is 0 Å². The Morgan fingerprint density at radius 1 is 1.18 bits per heavy atom. The number of ether oxygens (including phenoxy) is 2. The average molecular weight is 375 g/mol. The number of amides is 1. The van der Waals surface area contributed by atoms with E-state index in [0.717, 1.165) is 11.1 Å². The molecule has 140 valence electrons. The standard InChI is InChI=1S/C20H17N5O3/c1-11-16(18(21)26)17(13-7-8-14-15(9-13)28-10-27-14)25-20(22-11)23-19(24-25)12-5-3-2-4-6-12/h2-9,17H,10H2,1H3,(H2,21,26)(H,22,23,24). The molecule has 2 aliphatic rings. The number of primary amides is 1. The van der Waals surface area contributed by atoms with E-state index in [-0.39, 0.29) is 6.79 Å². The van der Waals surface area contributed by atoms with Crippen LogP contribution in [0.25, 0.3) is 11.4 Å². The van der Waals surface area contributed by atoms with E-state index in [4.69, 9.17) is 15.2 Å². The normalized spacial score (nSPS) is 17.2. The minimum atomic E-state index is -0.520. The zero-order valence-electron chi connectivity index (χ0n) is 15.0. The van der Waals surface area contributed by atoms with Gasteiger partial charge in [-0.25, -0.2) is 4.68 Å². The number of hydrogen-bond donors (Lipinski definition) is 2. The molecular weight excluding hydrogens is 358 g/mol. The van der Waals surface area contributed by atoms with Gasteiger partial charge < -0.3 is 20.5 Å². The number of fused-ring (bicyclic) bond motifs is 2. The second-order valence-corrected chi connectivity index (χ2v) is 6.61. The molecule has 3 aromatic rings. The van der Waals surface area contributed by atoms with Crippen molar-refractivity contribution in [1.29, 1.82) is 0 Å². The van der Waals surface area contributed by atoms with E-state index >= 15 is 0 Å². The van der Waals surface area contributed by atoms with E-state index in [1.807, 2.05) is 48.5 Å². The van der Waals surface area contributed by atoms with Gasteiger partial charge in [0.25, 0.3) is 0 Å². The maximum atomic E-state index is 12.3. The fraction of sp³-hybridized carbons (Fsp3) is 0.150. The fourth-order valence-electron chi connectivity index (χ4n) is 3.57. The summed E-state index contributed by atoms with van der Waals surface area (Å²) in [6.45, 7) is 1.98. The van der Waals surface area contributed by atoms with Crippen LogP contribution in [0.2, 0.25) is 0 Å². The molecule has 5 rings (SSSR count). The van der Waals surface area contributed by atoms with Gasteiger partial charge in [0.05, 0.1) is 5.57 Å². The van der Waals surface area contributed by atoms with E-state index in [1.165, 1.54) is 0 Å². The fourth-order valence-corrected chi connectivity index (χ4v) is 3.57. The number of allylic oxidation sites excluding steroid dienone is 1. The number of hydrogen-bond acceptors (Lipinski definition) is 6. The van der Waals surface area contributed by atoms with Crippen LogP contribution in [0.15, 0.2) is 59.8 Å². The lowest BCUT2D eigenvalue weighted by Gasteiger charge is -2.27. The average Bonchev–Trinajstić information content (AvgIpc) is 3.33. The highest BCUT2D eigenvalue weighted by Crippen LogP contribution is 2.40. The highest BCUT2D eigenvalue weighted by molar-refractivity contribution is 5.95. The van der Waals surface area contributed by atoms with E-state index in [0.29, 0.717) is 34.5 Å². The predicted molar refractivity (Wildman–Crippen MR) is 102 cm³/mol. The summed E-state index contributed by atoms with van der Waals surface area (Å²) in [5.74, 6) is 1.89. The summed E-state index contributed by atoms with van der Waals surface area (Å²) < 4.78 is 12.6. The number of carbonyl (C=O) groups is 1. The molecule has 0 aliphatic carbocycles. The van der Waals surface area contributed by atoms with E-state index in [9.17, 15) is 4.79 Å². The molecule has 1 amide bonds. The number of carbonyl (C=O) groups excluding carboxylic acids is 1. The molecule has 1 atom stereocenters. The number of rotatable bonds is 3. The topological polar surface area (TPSA) is 104 Å². The second kappa shape index (κ2) is 6.12. The molecule has 8 nitrogen and oxygen atoms in total. The van der Waals surface area contributed by atoms with Crippen molar-refractivity contribution >= 4 is 11.9 Å². The van der Waals surface area contributed by atoms with Crippen LogP contribution in [-0.2, 0) is 4.79 Å². The van der Waals surface area contributed by atoms with Crippen molar-refractivity contribution in [1.82, 2.24) is 14.8 Å². The monoisotopic (exact) mass is 375 g/mol. The van der Waals surface area contributed by atoms with E-state index in [1.54, 1.807) is 11.6 Å². The molecule has 28 heavy (non-hydrogen) atoms. The first-order valence-corrected chi connectivity index (χ1v) is 8.81. The molecule has 1 aromatic heterocycles. The Kier molecular flexibility index (Phi) is 3.58. The summed E-state index contributed by atoms with van der Waals surface area (Å²) in [5.41, 5.74) is 8.49. The molecule has 3 heterocycles. The third-order valence-corrected chi connectivity index (χ3v) is 4.86. The molecule has 0 radical (unpaired) electrons. The minimum absolute atomic E-state index is 0.176. The second-order valence-electron chi connectivity index (χ2n) is 6.61. The zero-order chi connectivity index (χ0) is 19.3. The molecule has 2 aliphatic heterocycles. The van der Waals surface area contributed by atoms with Gasteiger partial charge in [-0.3, -0.25) is 4.79 Å². The van der Waals surface area contributed by atoms with Crippen molar-refractivity contribution in [3.8, 4) is 22.9 Å². The Labute approximate surface area is 160 Å². The van der Waals surface area contributed by atoms with Gasteiger partial charge >= 0.3 is 0 Å². The largest absolute Gasteiger partial charge is 0.454 e. The van der Waals surface area contributed by atoms with Crippen molar-refractivity contribution in [2.24, 2.45) is 5.73 Å². The molecule has 0 spiro atoms. The Balaban J connectivity index is 1.67. The third kappa shape index (κ3) is 2.50.